The molecule has 3 heteroatoms. The molecule has 138 valence electrons. The fourth-order valence-corrected chi connectivity index (χ4v) is 4.17. The summed E-state index contributed by atoms with van der Waals surface area (Å²) in [5.74, 6) is -0.872. The minimum Gasteiger partial charge on any atom is -0.478 e. The lowest BCUT2D eigenvalue weighted by Gasteiger charge is -2.43. The summed E-state index contributed by atoms with van der Waals surface area (Å²) in [6.07, 6.45) is 2.15. The first-order valence-corrected chi connectivity index (χ1v) is 9.17. The van der Waals surface area contributed by atoms with E-state index in [0.29, 0.717) is 12.2 Å². The predicted molar refractivity (Wildman–Crippen MR) is 105 cm³/mol. The maximum Gasteiger partial charge on any atom is 0.336 e. The van der Waals surface area contributed by atoms with Crippen molar-refractivity contribution < 1.29 is 14.6 Å². The van der Waals surface area contributed by atoms with Gasteiger partial charge in [-0.05, 0) is 52.0 Å². The highest BCUT2D eigenvalue weighted by molar-refractivity contribution is 5.98. The van der Waals surface area contributed by atoms with Gasteiger partial charge in [-0.3, -0.25) is 0 Å². The molecule has 0 amide bonds. The van der Waals surface area contributed by atoms with Crippen LogP contribution in [0.2, 0.25) is 0 Å². The van der Waals surface area contributed by atoms with Crippen molar-refractivity contribution >= 4 is 5.97 Å². The summed E-state index contributed by atoms with van der Waals surface area (Å²) in [5, 5.41) is 9.85. The number of carboxylic acid groups (broad SMARTS) is 1. The number of hydrogen-bond acceptors (Lipinski definition) is 2. The smallest absolute Gasteiger partial charge is 0.336 e. The first-order valence-electron chi connectivity index (χ1n) is 9.17. The van der Waals surface area contributed by atoms with E-state index >= 15 is 0 Å². The van der Waals surface area contributed by atoms with E-state index in [1.165, 1.54) is 11.1 Å². The molecular weight excluding hydrogens is 324 g/mol. The Balaban J connectivity index is 2.30. The summed E-state index contributed by atoms with van der Waals surface area (Å²) < 4.78 is 5.19. The summed E-state index contributed by atoms with van der Waals surface area (Å²) >= 11 is 0. The summed E-state index contributed by atoms with van der Waals surface area (Å²) in [6.45, 7) is 9.53. The molecule has 1 N–H and O–H groups in total. The Kier molecular flexibility index (Phi) is 4.70. The van der Waals surface area contributed by atoms with Crippen LogP contribution in [0.5, 0.6) is 0 Å². The van der Waals surface area contributed by atoms with Crippen molar-refractivity contribution in [3.05, 3.63) is 58.7 Å². The van der Waals surface area contributed by atoms with Gasteiger partial charge in [0.1, 0.15) is 0 Å². The standard InChI is InChI=1S/C23H28O3/c1-22(2)12-13-23(3,4)20-18(22)11-10-17(21(24)25)19(20)16-8-6-15(7-9-16)14-26-5/h6-11H,12-14H2,1-5H3,(H,24,25). The third-order valence-corrected chi connectivity index (χ3v) is 5.77. The van der Waals surface area contributed by atoms with Gasteiger partial charge < -0.3 is 9.84 Å². The number of methoxy groups -OCH3 is 1. The number of aromatic carboxylic acids is 1. The molecule has 1 aliphatic carbocycles. The molecule has 0 aliphatic heterocycles. The lowest BCUT2D eigenvalue weighted by molar-refractivity contribution is 0.0697. The fraction of sp³-hybridized carbons (Fsp3) is 0.435. The molecule has 0 aromatic heterocycles. The SMILES string of the molecule is COCc1ccc(-c2c(C(=O)O)ccc3c2C(C)(C)CCC3(C)C)cc1. The van der Waals surface area contributed by atoms with E-state index in [1.807, 2.05) is 30.3 Å². The van der Waals surface area contributed by atoms with Crippen LogP contribution in [0.15, 0.2) is 36.4 Å². The first-order chi connectivity index (χ1) is 12.2. The maximum absolute atomic E-state index is 12.0. The van der Waals surface area contributed by atoms with Crippen LogP contribution in [0.3, 0.4) is 0 Å². The number of fused-ring (bicyclic) bond motifs is 1. The van der Waals surface area contributed by atoms with E-state index in [1.54, 1.807) is 13.2 Å². The molecule has 0 atom stereocenters. The lowest BCUT2D eigenvalue weighted by Crippen LogP contribution is -2.35. The molecule has 0 saturated heterocycles. The lowest BCUT2D eigenvalue weighted by atomic mass is 9.61. The van der Waals surface area contributed by atoms with Crippen LogP contribution in [0.25, 0.3) is 11.1 Å². The van der Waals surface area contributed by atoms with Crippen LogP contribution >= 0.6 is 0 Å². The first kappa shape index (κ1) is 18.7. The Hall–Kier alpha value is -2.13. The van der Waals surface area contributed by atoms with E-state index in [0.717, 1.165) is 29.5 Å². The second kappa shape index (κ2) is 6.55. The van der Waals surface area contributed by atoms with Gasteiger partial charge in [-0.25, -0.2) is 4.79 Å². The van der Waals surface area contributed by atoms with Gasteiger partial charge in [0.2, 0.25) is 0 Å². The second-order valence-electron chi connectivity index (χ2n) is 8.61. The van der Waals surface area contributed by atoms with Crippen molar-refractivity contribution in [3.63, 3.8) is 0 Å². The molecule has 0 saturated carbocycles. The Morgan fingerprint density at radius 1 is 1.00 bits per heavy atom. The fourth-order valence-electron chi connectivity index (χ4n) is 4.17. The van der Waals surface area contributed by atoms with E-state index in [2.05, 4.69) is 27.7 Å². The van der Waals surface area contributed by atoms with Gasteiger partial charge in [0.15, 0.2) is 0 Å². The number of carbonyl (C=O) groups is 1. The molecule has 0 radical (unpaired) electrons. The van der Waals surface area contributed by atoms with Crippen molar-refractivity contribution in [2.45, 2.75) is 58.0 Å². The predicted octanol–water partition coefficient (Wildman–Crippen LogP) is 5.55. The monoisotopic (exact) mass is 352 g/mol. The average Bonchev–Trinajstić information content (AvgIpc) is 2.59. The minimum atomic E-state index is -0.872. The normalized spacial score (nSPS) is 17.6. The van der Waals surface area contributed by atoms with Crippen LogP contribution in [-0.2, 0) is 22.2 Å². The van der Waals surface area contributed by atoms with Gasteiger partial charge in [-0.1, -0.05) is 58.0 Å². The van der Waals surface area contributed by atoms with Gasteiger partial charge >= 0.3 is 5.97 Å². The number of ether oxygens (including phenoxy) is 1. The molecule has 0 heterocycles. The summed E-state index contributed by atoms with van der Waals surface area (Å²) in [7, 11) is 1.68. The molecule has 3 nitrogen and oxygen atoms in total. The third-order valence-electron chi connectivity index (χ3n) is 5.77. The molecule has 1 aliphatic rings. The van der Waals surface area contributed by atoms with Crippen LogP contribution in [0, 0.1) is 0 Å². The highest BCUT2D eigenvalue weighted by Gasteiger charge is 2.40. The van der Waals surface area contributed by atoms with E-state index in [-0.39, 0.29) is 10.8 Å². The van der Waals surface area contributed by atoms with E-state index in [9.17, 15) is 9.90 Å². The zero-order chi connectivity index (χ0) is 19.1. The van der Waals surface area contributed by atoms with Crippen molar-refractivity contribution in [2.75, 3.05) is 7.11 Å². The Labute approximate surface area is 156 Å². The van der Waals surface area contributed by atoms with Gasteiger partial charge in [0, 0.05) is 12.7 Å². The number of rotatable bonds is 4. The van der Waals surface area contributed by atoms with Crippen molar-refractivity contribution in [3.8, 4) is 11.1 Å². The van der Waals surface area contributed by atoms with E-state index < -0.39 is 5.97 Å². The van der Waals surface area contributed by atoms with Crippen molar-refractivity contribution in [2.24, 2.45) is 0 Å². The Morgan fingerprint density at radius 2 is 1.62 bits per heavy atom. The summed E-state index contributed by atoms with van der Waals surface area (Å²) in [4.78, 5) is 12.0. The van der Waals surface area contributed by atoms with Gasteiger partial charge in [-0.15, -0.1) is 0 Å². The van der Waals surface area contributed by atoms with Crippen LogP contribution in [-0.4, -0.2) is 18.2 Å². The molecule has 3 rings (SSSR count). The van der Waals surface area contributed by atoms with Crippen LogP contribution < -0.4 is 0 Å². The molecule has 0 fully saturated rings. The average molecular weight is 352 g/mol. The Morgan fingerprint density at radius 3 is 2.19 bits per heavy atom. The maximum atomic E-state index is 12.0. The zero-order valence-electron chi connectivity index (χ0n) is 16.3. The van der Waals surface area contributed by atoms with Crippen molar-refractivity contribution in [1.29, 1.82) is 0 Å². The third kappa shape index (κ3) is 3.16. The summed E-state index contributed by atoms with van der Waals surface area (Å²) in [6, 6.07) is 11.9. The molecule has 26 heavy (non-hydrogen) atoms. The largest absolute Gasteiger partial charge is 0.478 e. The van der Waals surface area contributed by atoms with Crippen LogP contribution in [0.1, 0.15) is 67.6 Å². The summed E-state index contributed by atoms with van der Waals surface area (Å²) in [5.41, 5.74) is 5.75. The van der Waals surface area contributed by atoms with Gasteiger partial charge in [0.05, 0.1) is 12.2 Å². The molecule has 0 unspecified atom stereocenters. The van der Waals surface area contributed by atoms with Gasteiger partial charge in [0.25, 0.3) is 0 Å². The number of carboxylic acids is 1. The molecule has 2 aromatic carbocycles. The van der Waals surface area contributed by atoms with Crippen molar-refractivity contribution in [1.82, 2.24) is 0 Å². The molecule has 0 bridgehead atoms. The minimum absolute atomic E-state index is 0.0482. The highest BCUT2D eigenvalue weighted by Crippen LogP contribution is 2.50. The molecule has 2 aromatic rings. The topological polar surface area (TPSA) is 46.5 Å². The zero-order valence-corrected chi connectivity index (χ0v) is 16.3. The molecular formula is C23H28O3. The highest BCUT2D eigenvalue weighted by atomic mass is 16.5. The Bertz CT molecular complexity index is 829. The van der Waals surface area contributed by atoms with E-state index in [4.69, 9.17) is 4.74 Å². The van der Waals surface area contributed by atoms with Crippen LogP contribution in [0.4, 0.5) is 0 Å². The second-order valence-corrected chi connectivity index (χ2v) is 8.61. The quantitative estimate of drug-likeness (QED) is 0.785. The number of hydrogen-bond donors (Lipinski definition) is 1. The van der Waals surface area contributed by atoms with Gasteiger partial charge in [-0.2, -0.15) is 0 Å². The molecule has 0 spiro atoms. The number of benzene rings is 2.